The molecule has 4 heteroatoms. The molecule has 92 valence electrons. The summed E-state index contributed by atoms with van der Waals surface area (Å²) in [5.74, 6) is -0.0926. The fraction of sp³-hybridized carbons (Fsp3) is 0.143. The molecule has 2 aromatic rings. The van der Waals surface area contributed by atoms with Gasteiger partial charge in [-0.1, -0.05) is 35.4 Å². The predicted octanol–water partition coefficient (Wildman–Crippen LogP) is 2.97. The highest BCUT2D eigenvalue weighted by molar-refractivity contribution is 6.29. The van der Waals surface area contributed by atoms with Crippen LogP contribution in [0.15, 0.2) is 42.6 Å². The van der Waals surface area contributed by atoms with Crippen LogP contribution in [0.4, 0.5) is 0 Å². The lowest BCUT2D eigenvalue weighted by Gasteiger charge is -2.05. The number of hydrogen-bond donors (Lipinski definition) is 1. The Bertz CT molecular complexity index is 535. The quantitative estimate of drug-likeness (QED) is 0.862. The van der Waals surface area contributed by atoms with E-state index in [9.17, 15) is 4.79 Å². The van der Waals surface area contributed by atoms with Gasteiger partial charge in [-0.05, 0) is 30.7 Å². The molecular weight excluding hydrogens is 248 g/mol. The lowest BCUT2D eigenvalue weighted by Crippen LogP contribution is -2.22. The highest BCUT2D eigenvalue weighted by Crippen LogP contribution is 2.06. The number of carbonyl (C=O) groups is 1. The molecule has 1 amide bonds. The Morgan fingerprint density at radius 3 is 2.56 bits per heavy atom. The number of carbonyl (C=O) groups excluding carboxylic acids is 1. The van der Waals surface area contributed by atoms with Gasteiger partial charge in [-0.15, -0.1) is 0 Å². The summed E-state index contributed by atoms with van der Waals surface area (Å²) < 4.78 is 0. The molecule has 0 aliphatic carbocycles. The van der Waals surface area contributed by atoms with Crippen molar-refractivity contribution in [3.63, 3.8) is 0 Å². The Balaban J connectivity index is 1.96. The van der Waals surface area contributed by atoms with Crippen LogP contribution in [0.5, 0.6) is 0 Å². The van der Waals surface area contributed by atoms with Crippen LogP contribution < -0.4 is 5.32 Å². The second-order valence-electron chi connectivity index (χ2n) is 4.04. The summed E-state index contributed by atoms with van der Waals surface area (Å²) in [5.41, 5.74) is 2.70. The first-order chi connectivity index (χ1) is 8.65. The zero-order valence-corrected chi connectivity index (χ0v) is 10.7. The van der Waals surface area contributed by atoms with Crippen LogP contribution in [0.3, 0.4) is 0 Å². The number of benzene rings is 1. The van der Waals surface area contributed by atoms with E-state index in [0.29, 0.717) is 17.3 Å². The first-order valence-electron chi connectivity index (χ1n) is 5.60. The highest BCUT2D eigenvalue weighted by Gasteiger charge is 2.04. The minimum Gasteiger partial charge on any atom is -0.348 e. The molecule has 0 saturated heterocycles. The number of aryl methyl sites for hydroxylation is 1. The number of halogens is 1. The van der Waals surface area contributed by atoms with Crippen molar-refractivity contribution in [1.29, 1.82) is 0 Å². The molecular formula is C14H13ClN2O. The third-order valence-electron chi connectivity index (χ3n) is 2.56. The zero-order chi connectivity index (χ0) is 13.0. The topological polar surface area (TPSA) is 42.0 Å². The fourth-order valence-corrected chi connectivity index (χ4v) is 1.61. The van der Waals surface area contributed by atoms with E-state index in [1.54, 1.807) is 12.3 Å². The molecule has 0 radical (unpaired) electrons. The van der Waals surface area contributed by atoms with Gasteiger partial charge in [0.1, 0.15) is 5.15 Å². The number of hydrogen-bond acceptors (Lipinski definition) is 2. The van der Waals surface area contributed by atoms with E-state index in [1.165, 1.54) is 0 Å². The van der Waals surface area contributed by atoms with E-state index in [2.05, 4.69) is 10.3 Å². The monoisotopic (exact) mass is 260 g/mol. The molecule has 0 bridgehead atoms. The predicted molar refractivity (Wildman–Crippen MR) is 71.6 cm³/mol. The van der Waals surface area contributed by atoms with Crippen LogP contribution in [0.25, 0.3) is 0 Å². The van der Waals surface area contributed by atoms with Gasteiger partial charge in [0.2, 0.25) is 0 Å². The molecule has 0 aliphatic rings. The van der Waals surface area contributed by atoms with Crippen molar-refractivity contribution in [2.45, 2.75) is 13.5 Å². The third kappa shape index (κ3) is 3.31. The maximum absolute atomic E-state index is 11.8. The van der Waals surface area contributed by atoms with Crippen LogP contribution in [0.2, 0.25) is 5.15 Å². The minimum atomic E-state index is -0.0926. The van der Waals surface area contributed by atoms with Gasteiger partial charge in [0.05, 0.1) is 0 Å². The second kappa shape index (κ2) is 5.65. The van der Waals surface area contributed by atoms with Gasteiger partial charge < -0.3 is 5.32 Å². The van der Waals surface area contributed by atoms with E-state index < -0.39 is 0 Å². The van der Waals surface area contributed by atoms with E-state index in [4.69, 9.17) is 11.6 Å². The summed E-state index contributed by atoms with van der Waals surface area (Å²) in [6.07, 6.45) is 1.65. The summed E-state index contributed by atoms with van der Waals surface area (Å²) in [6.45, 7) is 2.43. The summed E-state index contributed by atoms with van der Waals surface area (Å²) in [5, 5.41) is 3.28. The summed E-state index contributed by atoms with van der Waals surface area (Å²) >= 11 is 5.69. The van der Waals surface area contributed by atoms with Crippen LogP contribution in [-0.2, 0) is 6.54 Å². The Labute approximate surface area is 111 Å². The molecule has 18 heavy (non-hydrogen) atoms. The lowest BCUT2D eigenvalue weighted by atomic mass is 10.1. The fourth-order valence-electron chi connectivity index (χ4n) is 1.50. The van der Waals surface area contributed by atoms with Crippen LogP contribution in [0.1, 0.15) is 21.5 Å². The van der Waals surface area contributed by atoms with Crippen molar-refractivity contribution in [1.82, 2.24) is 10.3 Å². The van der Waals surface area contributed by atoms with Gasteiger partial charge in [0.25, 0.3) is 5.91 Å². The van der Waals surface area contributed by atoms with E-state index in [0.717, 1.165) is 11.1 Å². The van der Waals surface area contributed by atoms with Crippen LogP contribution >= 0.6 is 11.6 Å². The molecule has 0 atom stereocenters. The first-order valence-corrected chi connectivity index (χ1v) is 5.98. The van der Waals surface area contributed by atoms with Crippen LogP contribution in [0, 0.1) is 6.92 Å². The van der Waals surface area contributed by atoms with E-state index >= 15 is 0 Å². The standard InChI is InChI=1S/C14H13ClN2O/c1-10-2-5-12(6-3-10)14(18)17-9-11-4-7-13(15)16-8-11/h2-8H,9H2,1H3,(H,17,18). The maximum Gasteiger partial charge on any atom is 0.251 e. The summed E-state index contributed by atoms with van der Waals surface area (Å²) in [4.78, 5) is 15.8. The van der Waals surface area contributed by atoms with Crippen molar-refractivity contribution >= 4 is 17.5 Å². The van der Waals surface area contributed by atoms with Gasteiger partial charge in [0, 0.05) is 18.3 Å². The van der Waals surface area contributed by atoms with E-state index in [-0.39, 0.29) is 5.91 Å². The number of pyridine rings is 1. The maximum atomic E-state index is 11.8. The third-order valence-corrected chi connectivity index (χ3v) is 2.78. The summed E-state index contributed by atoms with van der Waals surface area (Å²) in [7, 11) is 0. The van der Waals surface area contributed by atoms with Crippen molar-refractivity contribution in [2.75, 3.05) is 0 Å². The van der Waals surface area contributed by atoms with Crippen molar-refractivity contribution < 1.29 is 4.79 Å². The minimum absolute atomic E-state index is 0.0926. The van der Waals surface area contributed by atoms with Gasteiger partial charge in [-0.3, -0.25) is 4.79 Å². The number of nitrogens with zero attached hydrogens (tertiary/aromatic N) is 1. The molecule has 3 nitrogen and oxygen atoms in total. The lowest BCUT2D eigenvalue weighted by molar-refractivity contribution is 0.0951. The molecule has 1 aromatic heterocycles. The molecule has 0 spiro atoms. The normalized spacial score (nSPS) is 10.1. The highest BCUT2D eigenvalue weighted by atomic mass is 35.5. The number of aromatic nitrogens is 1. The van der Waals surface area contributed by atoms with Crippen LogP contribution in [-0.4, -0.2) is 10.9 Å². The smallest absolute Gasteiger partial charge is 0.251 e. The Kier molecular flexibility index (Phi) is 3.95. The Morgan fingerprint density at radius 2 is 1.94 bits per heavy atom. The first kappa shape index (κ1) is 12.6. The molecule has 0 fully saturated rings. The van der Waals surface area contributed by atoms with Crippen molar-refractivity contribution in [2.24, 2.45) is 0 Å². The van der Waals surface area contributed by atoms with Gasteiger partial charge >= 0.3 is 0 Å². The average molecular weight is 261 g/mol. The second-order valence-corrected chi connectivity index (χ2v) is 4.43. The Morgan fingerprint density at radius 1 is 1.22 bits per heavy atom. The number of amides is 1. The number of rotatable bonds is 3. The largest absolute Gasteiger partial charge is 0.348 e. The van der Waals surface area contributed by atoms with Crippen molar-refractivity contribution in [3.05, 3.63) is 64.4 Å². The molecule has 0 saturated carbocycles. The van der Waals surface area contributed by atoms with Crippen molar-refractivity contribution in [3.8, 4) is 0 Å². The molecule has 1 heterocycles. The van der Waals surface area contributed by atoms with Gasteiger partial charge in [0.15, 0.2) is 0 Å². The molecule has 1 aromatic carbocycles. The average Bonchev–Trinajstić information content (AvgIpc) is 2.38. The Hall–Kier alpha value is -1.87. The zero-order valence-electron chi connectivity index (χ0n) is 9.98. The number of nitrogens with one attached hydrogen (secondary N) is 1. The summed E-state index contributed by atoms with van der Waals surface area (Å²) in [6, 6.07) is 11.0. The SMILES string of the molecule is Cc1ccc(C(=O)NCc2ccc(Cl)nc2)cc1. The molecule has 1 N–H and O–H groups in total. The molecule has 0 unspecified atom stereocenters. The van der Waals surface area contributed by atoms with E-state index in [1.807, 2.05) is 37.3 Å². The van der Waals surface area contributed by atoms with Gasteiger partial charge in [-0.25, -0.2) is 4.98 Å². The van der Waals surface area contributed by atoms with Gasteiger partial charge in [-0.2, -0.15) is 0 Å². The molecule has 2 rings (SSSR count). The molecule has 0 aliphatic heterocycles.